The average Bonchev–Trinajstić information content (AvgIpc) is 2.17. The fraction of sp³-hybridized carbons (Fsp3) is 0.167. The van der Waals surface area contributed by atoms with E-state index in [-0.39, 0.29) is 0 Å². The summed E-state index contributed by atoms with van der Waals surface area (Å²) in [6, 6.07) is 0. The standard InChI is InChI=1S/C6H6BrNS/c1-5-4-9-6(8-5)2-3-7/h2-4H,1H3/b3-2-. The quantitative estimate of drug-likeness (QED) is 0.685. The van der Waals surface area contributed by atoms with Gasteiger partial charge in [0.15, 0.2) is 0 Å². The summed E-state index contributed by atoms with van der Waals surface area (Å²) in [7, 11) is 0. The highest BCUT2D eigenvalue weighted by Gasteiger charge is 1.89. The van der Waals surface area contributed by atoms with Crippen LogP contribution < -0.4 is 0 Å². The van der Waals surface area contributed by atoms with Gasteiger partial charge in [-0.1, -0.05) is 15.9 Å². The molecule has 0 aromatic carbocycles. The predicted molar refractivity (Wildman–Crippen MR) is 44.8 cm³/mol. The number of hydrogen-bond donors (Lipinski definition) is 0. The fourth-order valence-electron chi connectivity index (χ4n) is 0.503. The third-order valence-corrected chi connectivity index (χ3v) is 2.03. The molecule has 0 N–H and O–H groups in total. The zero-order valence-corrected chi connectivity index (χ0v) is 7.37. The molecule has 0 amide bonds. The Morgan fingerprint density at radius 2 is 2.56 bits per heavy atom. The van der Waals surface area contributed by atoms with E-state index in [9.17, 15) is 0 Å². The zero-order chi connectivity index (χ0) is 6.69. The Balaban J connectivity index is 2.85. The maximum Gasteiger partial charge on any atom is 0.116 e. The van der Waals surface area contributed by atoms with E-state index in [0.717, 1.165) is 10.7 Å². The van der Waals surface area contributed by atoms with Gasteiger partial charge in [0.25, 0.3) is 0 Å². The van der Waals surface area contributed by atoms with Gasteiger partial charge < -0.3 is 0 Å². The number of nitrogens with zero attached hydrogens (tertiary/aromatic N) is 1. The maximum atomic E-state index is 4.20. The number of aryl methyl sites for hydroxylation is 1. The average molecular weight is 204 g/mol. The largest absolute Gasteiger partial charge is 0.242 e. The van der Waals surface area contributed by atoms with Gasteiger partial charge in [-0.15, -0.1) is 11.3 Å². The van der Waals surface area contributed by atoms with Crippen molar-refractivity contribution in [3.63, 3.8) is 0 Å². The molecule has 48 valence electrons. The minimum absolute atomic E-state index is 1.05. The van der Waals surface area contributed by atoms with Gasteiger partial charge in [-0.25, -0.2) is 4.98 Å². The lowest BCUT2D eigenvalue weighted by Gasteiger charge is -1.75. The number of hydrogen-bond acceptors (Lipinski definition) is 2. The minimum Gasteiger partial charge on any atom is -0.242 e. The molecule has 1 aromatic heterocycles. The van der Waals surface area contributed by atoms with Crippen LogP contribution in [0.5, 0.6) is 0 Å². The molecular formula is C6H6BrNS. The molecule has 3 heteroatoms. The first-order valence-electron chi connectivity index (χ1n) is 2.52. The summed E-state index contributed by atoms with van der Waals surface area (Å²) in [4.78, 5) is 6.01. The Morgan fingerprint density at radius 3 is 3.00 bits per heavy atom. The molecule has 0 aliphatic heterocycles. The highest BCUT2D eigenvalue weighted by Crippen LogP contribution is 2.10. The molecule has 0 aliphatic rings. The number of rotatable bonds is 1. The van der Waals surface area contributed by atoms with Crippen LogP contribution in [0.1, 0.15) is 10.7 Å². The van der Waals surface area contributed by atoms with Gasteiger partial charge >= 0.3 is 0 Å². The Bertz CT molecular complexity index is 217. The predicted octanol–water partition coefficient (Wildman–Crippen LogP) is 2.82. The van der Waals surface area contributed by atoms with Crippen LogP contribution in [0.2, 0.25) is 0 Å². The second kappa shape index (κ2) is 3.13. The van der Waals surface area contributed by atoms with Gasteiger partial charge in [0.05, 0.1) is 0 Å². The highest BCUT2D eigenvalue weighted by atomic mass is 79.9. The molecule has 1 rings (SSSR count). The smallest absolute Gasteiger partial charge is 0.116 e. The van der Waals surface area contributed by atoms with E-state index >= 15 is 0 Å². The molecule has 0 aliphatic carbocycles. The fourth-order valence-corrected chi connectivity index (χ4v) is 1.62. The van der Waals surface area contributed by atoms with Crippen molar-refractivity contribution < 1.29 is 0 Å². The highest BCUT2D eigenvalue weighted by molar-refractivity contribution is 9.11. The van der Waals surface area contributed by atoms with E-state index in [0.29, 0.717) is 0 Å². The van der Waals surface area contributed by atoms with E-state index in [2.05, 4.69) is 20.9 Å². The third kappa shape index (κ3) is 1.91. The molecule has 0 unspecified atom stereocenters. The molecule has 1 heterocycles. The minimum atomic E-state index is 1.05. The van der Waals surface area contributed by atoms with Crippen molar-refractivity contribution in [2.24, 2.45) is 0 Å². The summed E-state index contributed by atoms with van der Waals surface area (Å²) in [5.41, 5.74) is 1.08. The van der Waals surface area contributed by atoms with E-state index in [1.807, 2.05) is 23.4 Å². The van der Waals surface area contributed by atoms with Gasteiger partial charge in [0.2, 0.25) is 0 Å². The van der Waals surface area contributed by atoms with E-state index in [1.165, 1.54) is 0 Å². The zero-order valence-electron chi connectivity index (χ0n) is 4.97. The van der Waals surface area contributed by atoms with Crippen LogP contribution in [0, 0.1) is 6.92 Å². The van der Waals surface area contributed by atoms with Gasteiger partial charge in [-0.3, -0.25) is 0 Å². The van der Waals surface area contributed by atoms with Gasteiger partial charge in [0, 0.05) is 11.1 Å². The Morgan fingerprint density at radius 1 is 1.78 bits per heavy atom. The summed E-state index contributed by atoms with van der Waals surface area (Å²) in [5.74, 6) is 0. The first-order chi connectivity index (χ1) is 4.33. The molecule has 0 spiro atoms. The summed E-state index contributed by atoms with van der Waals surface area (Å²) in [6.45, 7) is 1.99. The number of halogens is 1. The van der Waals surface area contributed by atoms with Gasteiger partial charge in [-0.05, 0) is 18.0 Å². The summed E-state index contributed by atoms with van der Waals surface area (Å²) in [6.07, 6.45) is 1.93. The first-order valence-corrected chi connectivity index (χ1v) is 4.31. The van der Waals surface area contributed by atoms with Crippen LogP contribution in [0.4, 0.5) is 0 Å². The molecule has 0 atom stereocenters. The summed E-state index contributed by atoms with van der Waals surface area (Å²) < 4.78 is 0. The summed E-state index contributed by atoms with van der Waals surface area (Å²) in [5, 5.41) is 3.08. The molecule has 0 bridgehead atoms. The van der Waals surface area contributed by atoms with Crippen molar-refractivity contribution in [1.29, 1.82) is 0 Å². The summed E-state index contributed by atoms with van der Waals surface area (Å²) >= 11 is 4.83. The van der Waals surface area contributed by atoms with E-state index in [4.69, 9.17) is 0 Å². The second-order valence-electron chi connectivity index (χ2n) is 1.62. The van der Waals surface area contributed by atoms with Crippen LogP contribution in [-0.4, -0.2) is 4.98 Å². The van der Waals surface area contributed by atoms with Crippen LogP contribution in [0.25, 0.3) is 6.08 Å². The second-order valence-corrected chi connectivity index (χ2v) is 3.04. The maximum absolute atomic E-state index is 4.20. The van der Waals surface area contributed by atoms with Crippen LogP contribution in [-0.2, 0) is 0 Å². The Kier molecular flexibility index (Phi) is 2.42. The lowest BCUT2D eigenvalue weighted by molar-refractivity contribution is 1.25. The molecule has 0 saturated carbocycles. The van der Waals surface area contributed by atoms with Crippen LogP contribution in [0.15, 0.2) is 10.4 Å². The SMILES string of the molecule is Cc1csc(/C=C\Br)n1. The van der Waals surface area contributed by atoms with E-state index < -0.39 is 0 Å². The van der Waals surface area contributed by atoms with Gasteiger partial charge in [-0.2, -0.15) is 0 Å². The van der Waals surface area contributed by atoms with Crippen LogP contribution in [0.3, 0.4) is 0 Å². The Hall–Kier alpha value is -0.150. The van der Waals surface area contributed by atoms with Crippen molar-refractivity contribution in [2.75, 3.05) is 0 Å². The lowest BCUT2D eigenvalue weighted by Crippen LogP contribution is -1.68. The van der Waals surface area contributed by atoms with Crippen LogP contribution >= 0.6 is 27.3 Å². The molecular weight excluding hydrogens is 198 g/mol. The third-order valence-electron chi connectivity index (χ3n) is 0.842. The molecule has 0 radical (unpaired) electrons. The van der Waals surface area contributed by atoms with Crippen molar-refractivity contribution in [2.45, 2.75) is 6.92 Å². The normalized spacial score (nSPS) is 10.9. The molecule has 0 saturated heterocycles. The number of thiazole rings is 1. The molecule has 1 aromatic rings. The topological polar surface area (TPSA) is 12.9 Å². The van der Waals surface area contributed by atoms with Gasteiger partial charge in [0.1, 0.15) is 5.01 Å². The van der Waals surface area contributed by atoms with Crippen molar-refractivity contribution in [3.05, 3.63) is 21.1 Å². The van der Waals surface area contributed by atoms with E-state index in [1.54, 1.807) is 11.3 Å². The molecule has 9 heavy (non-hydrogen) atoms. The molecule has 1 nitrogen and oxygen atoms in total. The van der Waals surface area contributed by atoms with Crippen molar-refractivity contribution in [3.8, 4) is 0 Å². The van der Waals surface area contributed by atoms with Crippen molar-refractivity contribution >= 4 is 33.3 Å². The molecule has 0 fully saturated rings. The monoisotopic (exact) mass is 203 g/mol. The Labute approximate surface area is 66.6 Å². The number of aromatic nitrogens is 1. The lowest BCUT2D eigenvalue weighted by atomic mass is 10.6. The first kappa shape index (κ1) is 6.96. The van der Waals surface area contributed by atoms with Crippen molar-refractivity contribution in [1.82, 2.24) is 4.98 Å².